The molecule has 0 aliphatic carbocycles. The highest BCUT2D eigenvalue weighted by molar-refractivity contribution is 8.16. The maximum Gasteiger partial charge on any atom is 0.251 e. The molecule has 1 saturated heterocycles. The topological polar surface area (TPSA) is 46.9 Å². The lowest BCUT2D eigenvalue weighted by Gasteiger charge is -2.21. The van der Waals surface area contributed by atoms with Crippen molar-refractivity contribution in [3.05, 3.63) is 65.5 Å². The number of thioether (sulfide) groups is 2. The lowest BCUT2D eigenvalue weighted by Crippen LogP contribution is -2.27. The molecule has 1 amide bonds. The Bertz CT molecular complexity index is 930. The van der Waals surface area contributed by atoms with Crippen LogP contribution in [0.15, 0.2) is 48.5 Å². The zero-order chi connectivity index (χ0) is 18.6. The van der Waals surface area contributed by atoms with Gasteiger partial charge in [0.05, 0.1) is 15.6 Å². The monoisotopic (exact) mass is 397 g/mol. The number of carbonyl (C=O) groups excluding carboxylic acids is 1. The van der Waals surface area contributed by atoms with Crippen molar-refractivity contribution in [2.24, 2.45) is 0 Å². The van der Waals surface area contributed by atoms with Crippen molar-refractivity contribution < 1.29 is 4.79 Å². The number of hydrogen-bond donors (Lipinski definition) is 1. The summed E-state index contributed by atoms with van der Waals surface area (Å²) in [5.41, 5.74) is 4.13. The second-order valence-electron chi connectivity index (χ2n) is 6.60. The van der Waals surface area contributed by atoms with Gasteiger partial charge < -0.3 is 9.88 Å². The van der Waals surface area contributed by atoms with Crippen molar-refractivity contribution >= 4 is 40.5 Å². The Morgan fingerprint density at radius 1 is 1.15 bits per heavy atom. The van der Waals surface area contributed by atoms with E-state index in [2.05, 4.69) is 33.1 Å². The third kappa shape index (κ3) is 4.17. The van der Waals surface area contributed by atoms with Crippen LogP contribution in [0.5, 0.6) is 0 Å². The number of carbonyl (C=O) groups is 1. The third-order valence-electron chi connectivity index (χ3n) is 4.74. The molecular formula is C21H23N3OS2. The number of nitrogens with one attached hydrogen (secondary N) is 1. The van der Waals surface area contributed by atoms with Crippen LogP contribution in [0.2, 0.25) is 0 Å². The van der Waals surface area contributed by atoms with Gasteiger partial charge in [-0.2, -0.15) is 0 Å². The van der Waals surface area contributed by atoms with E-state index in [-0.39, 0.29) is 5.91 Å². The van der Waals surface area contributed by atoms with Gasteiger partial charge in [0.15, 0.2) is 0 Å². The molecule has 1 aromatic heterocycles. The van der Waals surface area contributed by atoms with Crippen LogP contribution in [0.3, 0.4) is 0 Å². The summed E-state index contributed by atoms with van der Waals surface area (Å²) in [7, 11) is 0. The molecule has 1 aliphatic rings. The molecular weight excluding hydrogens is 374 g/mol. The molecule has 4 rings (SSSR count). The molecule has 27 heavy (non-hydrogen) atoms. The zero-order valence-electron chi connectivity index (χ0n) is 15.4. The van der Waals surface area contributed by atoms with Crippen LogP contribution in [-0.4, -0.2) is 33.5 Å². The van der Waals surface area contributed by atoms with E-state index in [4.69, 9.17) is 0 Å². The number of hydrogen-bond acceptors (Lipinski definition) is 4. The van der Waals surface area contributed by atoms with Crippen molar-refractivity contribution in [3.63, 3.8) is 0 Å². The smallest absolute Gasteiger partial charge is 0.251 e. The third-order valence-corrected chi connectivity index (χ3v) is 7.75. The van der Waals surface area contributed by atoms with Crippen LogP contribution in [0.4, 0.5) is 0 Å². The molecule has 3 aromatic rings. The van der Waals surface area contributed by atoms with Gasteiger partial charge in [-0.1, -0.05) is 24.3 Å². The van der Waals surface area contributed by atoms with Gasteiger partial charge in [0.1, 0.15) is 5.82 Å². The summed E-state index contributed by atoms with van der Waals surface area (Å²) >= 11 is 4.00. The SMILES string of the molecule is Cc1nc2ccccc2n1CCNC(=O)c1ccc(C2SCCCS2)cc1. The number of para-hydroxylation sites is 2. The number of rotatable bonds is 5. The van der Waals surface area contributed by atoms with E-state index in [1.54, 1.807) is 0 Å². The van der Waals surface area contributed by atoms with Gasteiger partial charge in [0, 0.05) is 18.7 Å². The first-order chi connectivity index (χ1) is 13.2. The van der Waals surface area contributed by atoms with Gasteiger partial charge in [-0.25, -0.2) is 4.98 Å². The molecule has 0 spiro atoms. The predicted molar refractivity (Wildman–Crippen MR) is 116 cm³/mol. The Hall–Kier alpha value is -1.92. The van der Waals surface area contributed by atoms with E-state index in [1.807, 2.05) is 60.8 Å². The van der Waals surface area contributed by atoms with Crippen molar-refractivity contribution in [2.45, 2.75) is 24.5 Å². The van der Waals surface area contributed by atoms with Crippen LogP contribution in [0.25, 0.3) is 11.0 Å². The fourth-order valence-corrected chi connectivity index (χ4v) is 6.23. The molecule has 0 unspecified atom stereocenters. The lowest BCUT2D eigenvalue weighted by molar-refractivity contribution is 0.0952. The summed E-state index contributed by atoms with van der Waals surface area (Å²) in [5.74, 6) is 3.40. The summed E-state index contributed by atoms with van der Waals surface area (Å²) < 4.78 is 2.66. The normalized spacial score (nSPS) is 15.1. The summed E-state index contributed by atoms with van der Waals surface area (Å²) in [6, 6.07) is 16.2. The Morgan fingerprint density at radius 2 is 1.89 bits per heavy atom. The van der Waals surface area contributed by atoms with Crippen LogP contribution in [0.1, 0.15) is 32.7 Å². The Balaban J connectivity index is 1.35. The highest BCUT2D eigenvalue weighted by atomic mass is 32.2. The van der Waals surface area contributed by atoms with E-state index < -0.39 is 0 Å². The Morgan fingerprint density at radius 3 is 2.67 bits per heavy atom. The summed E-state index contributed by atoms with van der Waals surface area (Å²) in [6.45, 7) is 3.30. The number of benzene rings is 2. The zero-order valence-corrected chi connectivity index (χ0v) is 17.0. The summed E-state index contributed by atoms with van der Waals surface area (Å²) in [5, 5.41) is 3.03. The maximum absolute atomic E-state index is 12.5. The summed E-state index contributed by atoms with van der Waals surface area (Å²) in [4.78, 5) is 17.0. The number of aryl methyl sites for hydroxylation is 1. The number of nitrogens with zero attached hydrogens (tertiary/aromatic N) is 2. The largest absolute Gasteiger partial charge is 0.350 e. The number of imidazole rings is 1. The van der Waals surface area contributed by atoms with Crippen molar-refractivity contribution in [2.75, 3.05) is 18.1 Å². The lowest BCUT2D eigenvalue weighted by atomic mass is 10.1. The van der Waals surface area contributed by atoms with E-state index in [0.717, 1.165) is 22.4 Å². The molecule has 6 heteroatoms. The van der Waals surface area contributed by atoms with Crippen molar-refractivity contribution in [3.8, 4) is 0 Å². The predicted octanol–water partition coefficient (Wildman–Crippen LogP) is 4.64. The molecule has 4 nitrogen and oxygen atoms in total. The van der Waals surface area contributed by atoms with Crippen molar-refractivity contribution in [1.82, 2.24) is 14.9 Å². The molecule has 2 aromatic carbocycles. The second-order valence-corrected chi connectivity index (χ2v) is 9.33. The van der Waals surface area contributed by atoms with Gasteiger partial charge in [0.25, 0.3) is 5.91 Å². The van der Waals surface area contributed by atoms with Crippen LogP contribution in [-0.2, 0) is 6.54 Å². The highest BCUT2D eigenvalue weighted by Gasteiger charge is 2.17. The van der Waals surface area contributed by atoms with Gasteiger partial charge in [-0.15, -0.1) is 23.5 Å². The molecule has 1 fully saturated rings. The molecule has 2 heterocycles. The number of aromatic nitrogens is 2. The first-order valence-corrected chi connectivity index (χ1v) is 11.4. The van der Waals surface area contributed by atoms with Crippen LogP contribution in [0, 0.1) is 6.92 Å². The fourth-order valence-electron chi connectivity index (χ4n) is 3.33. The van der Waals surface area contributed by atoms with E-state index in [0.29, 0.717) is 17.7 Å². The van der Waals surface area contributed by atoms with Gasteiger partial charge in [0.2, 0.25) is 0 Å². The molecule has 1 aliphatic heterocycles. The average Bonchev–Trinajstić information content (AvgIpc) is 3.04. The number of fused-ring (bicyclic) bond motifs is 1. The van der Waals surface area contributed by atoms with Crippen molar-refractivity contribution in [1.29, 1.82) is 0 Å². The minimum Gasteiger partial charge on any atom is -0.350 e. The highest BCUT2D eigenvalue weighted by Crippen LogP contribution is 2.43. The van der Waals surface area contributed by atoms with Gasteiger partial charge >= 0.3 is 0 Å². The van der Waals surface area contributed by atoms with E-state index in [9.17, 15) is 4.79 Å². The summed E-state index contributed by atoms with van der Waals surface area (Å²) in [6.07, 6.45) is 1.29. The van der Waals surface area contributed by atoms with E-state index >= 15 is 0 Å². The molecule has 140 valence electrons. The Labute approximate surface area is 168 Å². The Kier molecular flexibility index (Phi) is 5.74. The number of amides is 1. The second kappa shape index (κ2) is 8.40. The fraction of sp³-hybridized carbons (Fsp3) is 0.333. The quantitative estimate of drug-likeness (QED) is 0.681. The molecule has 1 N–H and O–H groups in total. The maximum atomic E-state index is 12.5. The first kappa shape index (κ1) is 18.4. The van der Waals surface area contributed by atoms with Crippen LogP contribution >= 0.6 is 23.5 Å². The van der Waals surface area contributed by atoms with Crippen LogP contribution < -0.4 is 5.32 Å². The minimum atomic E-state index is -0.0208. The molecule has 0 radical (unpaired) electrons. The average molecular weight is 398 g/mol. The first-order valence-electron chi connectivity index (χ1n) is 9.25. The van der Waals surface area contributed by atoms with Gasteiger partial charge in [-0.3, -0.25) is 4.79 Å². The molecule has 0 saturated carbocycles. The molecule has 0 atom stereocenters. The minimum absolute atomic E-state index is 0.0208. The van der Waals surface area contributed by atoms with E-state index in [1.165, 1.54) is 23.5 Å². The standard InChI is InChI=1S/C21H23N3OS2/c1-15-23-18-5-2-3-6-19(18)24(15)12-11-22-20(25)16-7-9-17(10-8-16)21-26-13-4-14-27-21/h2-3,5-10,21H,4,11-14H2,1H3,(H,22,25). The van der Waals surface area contributed by atoms with Gasteiger partial charge in [-0.05, 0) is 54.7 Å². The molecule has 0 bridgehead atoms.